The van der Waals surface area contributed by atoms with Crippen molar-refractivity contribution in [3.8, 4) is 0 Å². The summed E-state index contributed by atoms with van der Waals surface area (Å²) in [6, 6.07) is 38.2. The summed E-state index contributed by atoms with van der Waals surface area (Å²) < 4.78 is 6.34. The van der Waals surface area contributed by atoms with E-state index in [-0.39, 0.29) is 0 Å². The molecule has 0 bridgehead atoms. The largest absolute Gasteiger partial charge is 0.340 e. The number of halogens is 1. The highest BCUT2D eigenvalue weighted by molar-refractivity contribution is 14.1. The summed E-state index contributed by atoms with van der Waals surface area (Å²) in [4.78, 5) is 0. The number of rotatable bonds is 11. The summed E-state index contributed by atoms with van der Waals surface area (Å²) in [6.07, 6.45) is 17.9. The van der Waals surface area contributed by atoms with Crippen LogP contribution in [0.1, 0.15) is 63.0 Å². The van der Waals surface area contributed by atoms with E-state index in [0.717, 1.165) is 32.4 Å². The Kier molecular flexibility index (Phi) is 9.36. The lowest BCUT2D eigenvalue weighted by Crippen LogP contribution is -2.16. The predicted molar refractivity (Wildman–Crippen MR) is 219 cm³/mol. The van der Waals surface area contributed by atoms with E-state index in [2.05, 4.69) is 166 Å². The van der Waals surface area contributed by atoms with Gasteiger partial charge >= 0.3 is 0 Å². The van der Waals surface area contributed by atoms with Gasteiger partial charge in [-0.2, -0.15) is 4.58 Å². The molecule has 0 amide bonds. The molecule has 2 heterocycles. The average Bonchev–Trinajstić information content (AvgIpc) is 3.62. The van der Waals surface area contributed by atoms with Crippen molar-refractivity contribution >= 4 is 78.1 Å². The smallest absolute Gasteiger partial charge is 0.214 e. The van der Waals surface area contributed by atoms with Crippen LogP contribution < -0.4 is 5.35 Å². The molecule has 3 heteroatoms. The number of hydrogen-bond acceptors (Lipinski definition) is 0. The second-order valence-corrected chi connectivity index (χ2v) is 14.6. The van der Waals surface area contributed by atoms with Gasteiger partial charge in [-0.25, -0.2) is 0 Å². The fourth-order valence-corrected chi connectivity index (χ4v) is 8.72. The lowest BCUT2D eigenvalue weighted by molar-refractivity contribution is -0.436. The Bertz CT molecular complexity index is 2340. The van der Waals surface area contributed by atoms with Crippen LogP contribution in [0.4, 0.5) is 5.69 Å². The first kappa shape index (κ1) is 32.0. The highest BCUT2D eigenvalue weighted by Gasteiger charge is 2.30. The fraction of sp³-hybridized carbons (Fsp3) is 0.239. The third-order valence-corrected chi connectivity index (χ3v) is 11.2. The van der Waals surface area contributed by atoms with Crippen molar-refractivity contribution in [1.82, 2.24) is 4.57 Å². The molecule has 49 heavy (non-hydrogen) atoms. The first-order chi connectivity index (χ1) is 24.3. The number of unbranched alkanes of at least 4 members (excludes halogenated alkanes) is 2. The normalized spacial score (nSPS) is 16.2. The molecular formula is C46H44IN2+. The van der Waals surface area contributed by atoms with Crippen molar-refractivity contribution in [1.29, 1.82) is 0 Å². The number of hydrogen-bond donors (Lipinski definition) is 0. The van der Waals surface area contributed by atoms with Gasteiger partial charge in [-0.1, -0.05) is 133 Å². The van der Waals surface area contributed by atoms with Gasteiger partial charge in [0, 0.05) is 46.7 Å². The zero-order chi connectivity index (χ0) is 33.2. The van der Waals surface area contributed by atoms with Crippen molar-refractivity contribution in [2.24, 2.45) is 0 Å². The summed E-state index contributed by atoms with van der Waals surface area (Å²) in [5.74, 6) is 0. The van der Waals surface area contributed by atoms with Crippen molar-refractivity contribution in [2.75, 3.05) is 11.0 Å². The minimum atomic E-state index is 1.04. The molecule has 244 valence electrons. The lowest BCUT2D eigenvalue weighted by atomic mass is 9.82. The Morgan fingerprint density at radius 3 is 2.33 bits per heavy atom. The molecule has 2 nitrogen and oxygen atoms in total. The molecule has 0 atom stereocenters. The van der Waals surface area contributed by atoms with Gasteiger partial charge in [0.1, 0.15) is 6.54 Å². The van der Waals surface area contributed by atoms with Crippen molar-refractivity contribution in [3.63, 3.8) is 0 Å². The van der Waals surface area contributed by atoms with E-state index in [0.29, 0.717) is 0 Å². The van der Waals surface area contributed by atoms with Crippen molar-refractivity contribution in [2.45, 2.75) is 58.4 Å². The minimum Gasteiger partial charge on any atom is -0.340 e. The number of nitrogens with zero attached hydrogens (tertiary/aromatic N) is 2. The van der Waals surface area contributed by atoms with E-state index in [1.807, 2.05) is 0 Å². The van der Waals surface area contributed by atoms with E-state index < -0.39 is 0 Å². The molecule has 0 saturated carbocycles. The minimum absolute atomic E-state index is 1.04. The molecule has 2 aliphatic rings. The van der Waals surface area contributed by atoms with Gasteiger partial charge in [0.2, 0.25) is 11.4 Å². The van der Waals surface area contributed by atoms with E-state index in [9.17, 15) is 0 Å². The predicted octanol–water partition coefficient (Wildman–Crippen LogP) is 11.7. The molecule has 8 rings (SSSR count). The Labute approximate surface area is 304 Å². The molecule has 5 aromatic carbocycles. The maximum absolute atomic E-state index is 2.58. The van der Waals surface area contributed by atoms with E-state index in [1.54, 1.807) is 0 Å². The molecule has 0 fully saturated rings. The average molecular weight is 752 g/mol. The van der Waals surface area contributed by atoms with E-state index in [4.69, 9.17) is 0 Å². The second kappa shape index (κ2) is 14.3. The van der Waals surface area contributed by atoms with Crippen molar-refractivity contribution < 1.29 is 4.58 Å². The zero-order valence-corrected chi connectivity index (χ0v) is 30.6. The Morgan fingerprint density at radius 1 is 0.735 bits per heavy atom. The molecule has 1 aromatic heterocycles. The summed E-state index contributed by atoms with van der Waals surface area (Å²) in [5.41, 5.74) is 11.0. The molecule has 6 aromatic rings. The van der Waals surface area contributed by atoms with Gasteiger partial charge in [0.05, 0.1) is 10.9 Å². The van der Waals surface area contributed by atoms with Crippen LogP contribution >= 0.6 is 22.6 Å². The highest BCUT2D eigenvalue weighted by Crippen LogP contribution is 2.39. The van der Waals surface area contributed by atoms with Crippen molar-refractivity contribution in [3.05, 3.63) is 149 Å². The summed E-state index contributed by atoms with van der Waals surface area (Å²) >= 11 is 2.51. The topological polar surface area (TPSA) is 7.94 Å². The standard InChI is InChI=1S/C46H44IN2/c1-2-3-31-48-40(38-22-10-18-34-20-12-24-42(48)45(34)38)28-26-36-16-9-17-37(44(36)33-14-5-4-6-15-33)27-29-41-39-23-11-19-35-21-13-25-43(46(35)39)49(41)32-8-7-30-47/h4-6,10-15,18-29H,2-3,7-9,16-17,30-32H2,1H3/q+1. The number of benzene rings is 5. The maximum atomic E-state index is 2.58. The number of allylic oxidation sites excluding steroid dienone is 6. The molecule has 0 unspecified atom stereocenters. The van der Waals surface area contributed by atoms with E-state index >= 15 is 0 Å². The third kappa shape index (κ3) is 6.01. The molecule has 0 N–H and O–H groups in total. The molecular weight excluding hydrogens is 707 g/mol. The monoisotopic (exact) mass is 751 g/mol. The number of aromatic nitrogens is 1. The zero-order valence-electron chi connectivity index (χ0n) is 28.5. The first-order valence-electron chi connectivity index (χ1n) is 18.2. The number of alkyl halides is 1. The second-order valence-electron chi connectivity index (χ2n) is 13.5. The third-order valence-electron chi connectivity index (χ3n) is 10.5. The molecule has 0 spiro atoms. The summed E-state index contributed by atoms with van der Waals surface area (Å²) in [6.45, 7) is 4.37. The molecule has 1 aliphatic heterocycles. The van der Waals surface area contributed by atoms with Gasteiger partial charge in [0.25, 0.3) is 0 Å². The first-order valence-corrected chi connectivity index (χ1v) is 19.7. The summed E-state index contributed by atoms with van der Waals surface area (Å²) in [5, 5.41) is 8.14. The number of aryl methyl sites for hydroxylation is 1. The van der Waals surface area contributed by atoms with Crippen LogP contribution in [-0.2, 0) is 6.54 Å². The van der Waals surface area contributed by atoms with Crippen LogP contribution in [0.3, 0.4) is 0 Å². The summed E-state index contributed by atoms with van der Waals surface area (Å²) in [7, 11) is 0. The Hall–Kier alpha value is -4.22. The molecule has 1 aliphatic carbocycles. The van der Waals surface area contributed by atoms with Crippen LogP contribution in [-0.4, -0.2) is 25.8 Å². The SMILES string of the molecule is CCCC[N+]1=C(/C=C/C2=C(c3ccccc3)C(=C/C=c3\c4cccc5cccc(c54)n3CCCCI)/CCC2)c2cccc3cccc1c23. The van der Waals surface area contributed by atoms with Gasteiger partial charge in [-0.05, 0) is 87.8 Å². The molecule has 0 saturated heterocycles. The Balaban J connectivity index is 1.28. The van der Waals surface area contributed by atoms with Crippen LogP contribution in [0.15, 0.2) is 133 Å². The van der Waals surface area contributed by atoms with Crippen LogP contribution in [0.5, 0.6) is 0 Å². The van der Waals surface area contributed by atoms with Crippen LogP contribution in [0, 0.1) is 0 Å². The Morgan fingerprint density at radius 2 is 1.51 bits per heavy atom. The lowest BCUT2D eigenvalue weighted by Gasteiger charge is -2.22. The fourth-order valence-electron chi connectivity index (χ4n) is 8.18. The van der Waals surface area contributed by atoms with Gasteiger partial charge < -0.3 is 4.57 Å². The van der Waals surface area contributed by atoms with Crippen LogP contribution in [0.2, 0.25) is 0 Å². The van der Waals surface area contributed by atoms with Gasteiger partial charge in [-0.3, -0.25) is 0 Å². The van der Waals surface area contributed by atoms with E-state index in [1.165, 1.54) is 107 Å². The maximum Gasteiger partial charge on any atom is 0.214 e. The highest BCUT2D eigenvalue weighted by atomic mass is 127. The molecule has 0 radical (unpaired) electrons. The quantitative estimate of drug-likeness (QED) is 0.0539. The van der Waals surface area contributed by atoms with Gasteiger partial charge in [-0.15, -0.1) is 0 Å². The van der Waals surface area contributed by atoms with Gasteiger partial charge in [0.15, 0.2) is 0 Å². The van der Waals surface area contributed by atoms with Crippen LogP contribution in [0.25, 0.3) is 44.1 Å².